The molecule has 0 fully saturated rings. The Morgan fingerprint density at radius 2 is 1.51 bits per heavy atom. The van der Waals surface area contributed by atoms with Crippen LogP contribution < -0.4 is 14.9 Å². The van der Waals surface area contributed by atoms with Gasteiger partial charge >= 0.3 is 5.97 Å². The van der Waals surface area contributed by atoms with Crippen molar-refractivity contribution in [3.63, 3.8) is 0 Å². The van der Waals surface area contributed by atoms with Crippen molar-refractivity contribution >= 4 is 50.2 Å². The SMILES string of the molecule is CCOC(=O)c1ccc2c(c1)NC(=O)/C2=C(\Nc1ccc(N(CCN(C)C)S(=O)(=O)Cc2ccccc2)cc1)c1ccccc1. The number of benzene rings is 4. The van der Waals surface area contributed by atoms with Gasteiger partial charge in [0.25, 0.3) is 5.91 Å². The van der Waals surface area contributed by atoms with Gasteiger partial charge in [-0.2, -0.15) is 0 Å². The second kappa shape index (κ2) is 13.8. The smallest absolute Gasteiger partial charge is 0.338 e. The molecule has 0 unspecified atom stereocenters. The molecule has 0 atom stereocenters. The summed E-state index contributed by atoms with van der Waals surface area (Å²) in [6.07, 6.45) is 0. The first-order valence-electron chi connectivity index (χ1n) is 14.6. The highest BCUT2D eigenvalue weighted by molar-refractivity contribution is 7.92. The number of fused-ring (bicyclic) bond motifs is 1. The molecule has 4 aromatic rings. The minimum Gasteiger partial charge on any atom is -0.462 e. The van der Waals surface area contributed by atoms with E-state index in [1.807, 2.05) is 79.7 Å². The van der Waals surface area contributed by atoms with Crippen molar-refractivity contribution in [3.8, 4) is 0 Å². The van der Waals surface area contributed by atoms with Crippen LogP contribution in [0, 0.1) is 0 Å². The zero-order chi connectivity index (χ0) is 32.0. The lowest BCUT2D eigenvalue weighted by Gasteiger charge is -2.26. The van der Waals surface area contributed by atoms with Gasteiger partial charge in [0, 0.05) is 24.3 Å². The summed E-state index contributed by atoms with van der Waals surface area (Å²) >= 11 is 0. The molecule has 1 aliphatic heterocycles. The highest BCUT2D eigenvalue weighted by atomic mass is 32.2. The second-order valence-corrected chi connectivity index (χ2v) is 12.7. The Bertz CT molecular complexity index is 1810. The Morgan fingerprint density at radius 1 is 0.844 bits per heavy atom. The van der Waals surface area contributed by atoms with Gasteiger partial charge in [0.15, 0.2) is 0 Å². The van der Waals surface area contributed by atoms with E-state index in [0.29, 0.717) is 58.1 Å². The van der Waals surface area contributed by atoms with E-state index in [1.165, 1.54) is 4.31 Å². The molecule has 1 heterocycles. The summed E-state index contributed by atoms with van der Waals surface area (Å²) in [5, 5.41) is 6.29. The first kappa shape index (κ1) is 31.5. The molecule has 232 valence electrons. The Balaban J connectivity index is 1.49. The number of hydrogen-bond acceptors (Lipinski definition) is 7. The second-order valence-electron chi connectivity index (χ2n) is 10.8. The summed E-state index contributed by atoms with van der Waals surface area (Å²) < 4.78 is 33.8. The highest BCUT2D eigenvalue weighted by Gasteiger charge is 2.30. The van der Waals surface area contributed by atoms with Crippen LogP contribution in [0.25, 0.3) is 11.3 Å². The van der Waals surface area contributed by atoms with Crippen molar-refractivity contribution in [3.05, 3.63) is 125 Å². The number of carbonyl (C=O) groups excluding carboxylic acids is 2. The number of sulfonamides is 1. The Labute approximate surface area is 264 Å². The molecule has 2 N–H and O–H groups in total. The van der Waals surface area contributed by atoms with Crippen molar-refractivity contribution < 1.29 is 22.7 Å². The fourth-order valence-corrected chi connectivity index (χ4v) is 6.66. The average molecular weight is 625 g/mol. The van der Waals surface area contributed by atoms with Gasteiger partial charge in [-0.05, 0) is 68.5 Å². The van der Waals surface area contributed by atoms with E-state index in [0.717, 1.165) is 5.56 Å². The molecule has 0 saturated carbocycles. The van der Waals surface area contributed by atoms with Crippen LogP contribution in [0.1, 0.15) is 34.0 Å². The molecule has 0 saturated heterocycles. The third-order valence-corrected chi connectivity index (χ3v) is 9.05. The molecule has 5 rings (SSSR count). The third-order valence-electron chi connectivity index (χ3n) is 7.29. The van der Waals surface area contributed by atoms with Crippen LogP contribution in [0.15, 0.2) is 103 Å². The lowest BCUT2D eigenvalue weighted by atomic mass is 9.99. The van der Waals surface area contributed by atoms with E-state index in [-0.39, 0.29) is 18.3 Å². The summed E-state index contributed by atoms with van der Waals surface area (Å²) in [7, 11) is 0.131. The van der Waals surface area contributed by atoms with Crippen molar-refractivity contribution in [1.29, 1.82) is 0 Å². The van der Waals surface area contributed by atoms with Gasteiger partial charge in [0.2, 0.25) is 10.0 Å². The fraction of sp³-hybridized carbons (Fsp3) is 0.200. The number of carbonyl (C=O) groups is 2. The fourth-order valence-electron chi connectivity index (χ4n) is 5.08. The van der Waals surface area contributed by atoms with Gasteiger partial charge in [0.1, 0.15) is 0 Å². The van der Waals surface area contributed by atoms with Gasteiger partial charge in [-0.1, -0.05) is 66.7 Å². The molecular weight excluding hydrogens is 588 g/mol. The highest BCUT2D eigenvalue weighted by Crippen LogP contribution is 2.38. The lowest BCUT2D eigenvalue weighted by molar-refractivity contribution is -0.110. The number of ether oxygens (including phenoxy) is 1. The largest absolute Gasteiger partial charge is 0.462 e. The molecule has 0 bridgehead atoms. The average Bonchev–Trinajstić information content (AvgIpc) is 3.35. The maximum atomic E-state index is 13.6. The predicted molar refractivity (Wildman–Crippen MR) is 179 cm³/mol. The van der Waals surface area contributed by atoms with E-state index in [4.69, 9.17) is 4.74 Å². The van der Waals surface area contributed by atoms with Gasteiger partial charge < -0.3 is 20.3 Å². The summed E-state index contributed by atoms with van der Waals surface area (Å²) in [6.45, 7) is 2.83. The van der Waals surface area contributed by atoms with E-state index in [2.05, 4.69) is 10.6 Å². The Kier molecular flexibility index (Phi) is 9.65. The molecule has 45 heavy (non-hydrogen) atoms. The molecule has 0 aromatic heterocycles. The summed E-state index contributed by atoms with van der Waals surface area (Å²) in [4.78, 5) is 27.6. The van der Waals surface area contributed by atoms with Gasteiger partial charge in [0.05, 0.1) is 40.6 Å². The van der Waals surface area contributed by atoms with Gasteiger partial charge in [-0.25, -0.2) is 13.2 Å². The van der Waals surface area contributed by atoms with E-state index >= 15 is 0 Å². The zero-order valence-corrected chi connectivity index (χ0v) is 26.3. The predicted octanol–water partition coefficient (Wildman–Crippen LogP) is 5.69. The van der Waals surface area contributed by atoms with Gasteiger partial charge in [-0.3, -0.25) is 9.10 Å². The van der Waals surface area contributed by atoms with E-state index in [1.54, 1.807) is 49.4 Å². The van der Waals surface area contributed by atoms with Gasteiger partial charge in [-0.15, -0.1) is 0 Å². The quantitative estimate of drug-likeness (QED) is 0.154. The summed E-state index contributed by atoms with van der Waals surface area (Å²) in [5.41, 5.74) is 5.23. The summed E-state index contributed by atoms with van der Waals surface area (Å²) in [5.74, 6) is -0.882. The minimum atomic E-state index is -3.68. The van der Waals surface area contributed by atoms with Crippen molar-refractivity contribution in [2.75, 3.05) is 48.7 Å². The molecule has 0 aliphatic carbocycles. The van der Waals surface area contributed by atoms with Crippen LogP contribution in [0.2, 0.25) is 0 Å². The van der Waals surface area contributed by atoms with Crippen LogP contribution >= 0.6 is 0 Å². The number of likely N-dealkylation sites (N-methyl/N-ethyl adjacent to an activating group) is 1. The standard InChI is InChI=1S/C35H36N4O5S/c1-4-44-35(41)27-15-20-30-31(23-27)37-34(40)32(30)33(26-13-9-6-10-14-26)36-28-16-18-29(19-17-28)39(22-21-38(2)3)45(42,43)24-25-11-7-5-8-12-25/h5-20,23,36H,4,21-22,24H2,1-3H3,(H,37,40)/b33-32-. The van der Waals surface area contributed by atoms with Crippen LogP contribution in [0.5, 0.6) is 0 Å². The summed E-state index contributed by atoms with van der Waals surface area (Å²) in [6, 6.07) is 30.8. The maximum Gasteiger partial charge on any atom is 0.338 e. The van der Waals surface area contributed by atoms with Crippen LogP contribution in [0.3, 0.4) is 0 Å². The van der Waals surface area contributed by atoms with E-state index in [9.17, 15) is 18.0 Å². The first-order valence-corrected chi connectivity index (χ1v) is 16.3. The number of esters is 1. The molecule has 1 amide bonds. The maximum absolute atomic E-state index is 13.6. The molecule has 0 spiro atoms. The lowest BCUT2D eigenvalue weighted by Crippen LogP contribution is -2.37. The molecule has 1 aliphatic rings. The first-order chi connectivity index (χ1) is 21.7. The number of amides is 1. The van der Waals surface area contributed by atoms with Crippen molar-refractivity contribution in [1.82, 2.24) is 4.90 Å². The molecule has 9 nitrogen and oxygen atoms in total. The van der Waals surface area contributed by atoms with E-state index < -0.39 is 16.0 Å². The zero-order valence-electron chi connectivity index (χ0n) is 25.5. The van der Waals surface area contributed by atoms with Crippen molar-refractivity contribution in [2.24, 2.45) is 0 Å². The number of anilines is 3. The Hall–Kier alpha value is -4.93. The number of nitrogens with one attached hydrogen (secondary N) is 2. The minimum absolute atomic E-state index is 0.113. The monoisotopic (exact) mass is 624 g/mol. The van der Waals surface area contributed by atoms with Crippen molar-refractivity contribution in [2.45, 2.75) is 12.7 Å². The third kappa shape index (κ3) is 7.42. The van der Waals surface area contributed by atoms with Crippen LogP contribution in [0.4, 0.5) is 17.1 Å². The number of rotatable bonds is 12. The normalized spacial score (nSPS) is 13.6. The Morgan fingerprint density at radius 3 is 2.16 bits per heavy atom. The molecule has 10 heteroatoms. The molecule has 4 aromatic carbocycles. The topological polar surface area (TPSA) is 108 Å². The van der Waals surface area contributed by atoms with Crippen LogP contribution in [-0.4, -0.2) is 59.0 Å². The molecule has 0 radical (unpaired) electrons. The number of hydrogen-bond donors (Lipinski definition) is 2. The van der Waals surface area contributed by atoms with Crippen LogP contribution in [-0.2, 0) is 25.3 Å². The number of nitrogens with zero attached hydrogens (tertiary/aromatic N) is 2. The molecular formula is C35H36N4O5S.